The number of nitrogens with zero attached hydrogens (tertiary/aromatic N) is 2. The van der Waals surface area contributed by atoms with Crippen molar-refractivity contribution in [2.75, 3.05) is 0 Å². The summed E-state index contributed by atoms with van der Waals surface area (Å²) in [5.74, 6) is -1.27. The second kappa shape index (κ2) is 6.33. The number of hydrogen-bond acceptors (Lipinski definition) is 4. The topological polar surface area (TPSA) is 83.7 Å². The van der Waals surface area contributed by atoms with Crippen molar-refractivity contribution in [3.05, 3.63) is 74.7 Å². The summed E-state index contributed by atoms with van der Waals surface area (Å²) in [5.41, 5.74) is 0.987. The molecule has 122 valence electrons. The van der Waals surface area contributed by atoms with Crippen LogP contribution in [0.4, 0.5) is 0 Å². The number of rotatable bonds is 3. The number of nitrogens with one attached hydrogen (secondary N) is 1. The molecule has 1 aromatic carbocycles. The molecule has 0 aliphatic heterocycles. The Balaban J connectivity index is 1.90. The molecule has 0 bridgehead atoms. The maximum absolute atomic E-state index is 12.4. The molecule has 0 unspecified atom stereocenters. The third kappa shape index (κ3) is 3.09. The fourth-order valence-corrected chi connectivity index (χ4v) is 2.43. The van der Waals surface area contributed by atoms with Crippen molar-refractivity contribution in [1.82, 2.24) is 14.7 Å². The van der Waals surface area contributed by atoms with Gasteiger partial charge in [-0.2, -0.15) is 4.98 Å². The number of hydrogen-bond donors (Lipinski definition) is 2. The average Bonchev–Trinajstić information content (AvgIpc) is 2.54. The Hall–Kier alpha value is -2.86. The SMILES string of the molecule is Cc1ccn2c(=O)c(C(=O)NCc3ccc(Cl)cc3)c(O)nc2c1. The fourth-order valence-electron chi connectivity index (χ4n) is 2.30. The van der Waals surface area contributed by atoms with Crippen LogP contribution >= 0.6 is 11.6 Å². The molecule has 1 amide bonds. The summed E-state index contributed by atoms with van der Waals surface area (Å²) in [6.45, 7) is 2.04. The third-order valence-corrected chi connectivity index (χ3v) is 3.81. The molecule has 0 spiro atoms. The molecule has 2 heterocycles. The van der Waals surface area contributed by atoms with Crippen molar-refractivity contribution in [1.29, 1.82) is 0 Å². The fraction of sp³-hybridized carbons (Fsp3) is 0.118. The van der Waals surface area contributed by atoms with Crippen LogP contribution in [0.2, 0.25) is 5.02 Å². The molecule has 2 N–H and O–H groups in total. The first kappa shape index (κ1) is 16.0. The van der Waals surface area contributed by atoms with Gasteiger partial charge in [-0.05, 0) is 42.3 Å². The van der Waals surface area contributed by atoms with Crippen molar-refractivity contribution in [2.45, 2.75) is 13.5 Å². The van der Waals surface area contributed by atoms with E-state index >= 15 is 0 Å². The molecule has 2 aromatic heterocycles. The number of halogens is 1. The van der Waals surface area contributed by atoms with Gasteiger partial charge in [0.25, 0.3) is 11.5 Å². The lowest BCUT2D eigenvalue weighted by molar-refractivity contribution is 0.0945. The Bertz CT molecular complexity index is 981. The van der Waals surface area contributed by atoms with E-state index < -0.39 is 17.3 Å². The molecular formula is C17H14ClN3O3. The summed E-state index contributed by atoms with van der Waals surface area (Å²) >= 11 is 5.81. The Kier molecular flexibility index (Phi) is 4.22. The quantitative estimate of drug-likeness (QED) is 0.764. The number of aromatic nitrogens is 2. The van der Waals surface area contributed by atoms with Crippen molar-refractivity contribution < 1.29 is 9.90 Å². The first-order valence-corrected chi connectivity index (χ1v) is 7.58. The van der Waals surface area contributed by atoms with E-state index in [1.807, 2.05) is 6.92 Å². The zero-order chi connectivity index (χ0) is 17.3. The highest BCUT2D eigenvalue weighted by Gasteiger charge is 2.19. The van der Waals surface area contributed by atoms with Gasteiger partial charge in [0.05, 0.1) is 0 Å². The minimum Gasteiger partial charge on any atom is -0.493 e. The predicted molar refractivity (Wildman–Crippen MR) is 90.5 cm³/mol. The lowest BCUT2D eigenvalue weighted by Gasteiger charge is -2.08. The predicted octanol–water partition coefficient (Wildman–Crippen LogP) is 2.29. The van der Waals surface area contributed by atoms with Crippen LogP contribution in [0, 0.1) is 6.92 Å². The van der Waals surface area contributed by atoms with E-state index in [2.05, 4.69) is 10.3 Å². The van der Waals surface area contributed by atoms with Crippen LogP contribution in [-0.4, -0.2) is 20.4 Å². The van der Waals surface area contributed by atoms with Gasteiger partial charge in [0.2, 0.25) is 5.88 Å². The van der Waals surface area contributed by atoms with E-state index in [0.717, 1.165) is 11.1 Å². The Morgan fingerprint density at radius 3 is 2.71 bits per heavy atom. The molecule has 0 saturated heterocycles. The number of benzene rings is 1. The van der Waals surface area contributed by atoms with Crippen molar-refractivity contribution in [2.24, 2.45) is 0 Å². The van der Waals surface area contributed by atoms with Gasteiger partial charge in [0.15, 0.2) is 5.56 Å². The smallest absolute Gasteiger partial charge is 0.274 e. The van der Waals surface area contributed by atoms with E-state index in [1.165, 1.54) is 10.6 Å². The molecule has 7 heteroatoms. The maximum atomic E-state index is 12.4. The van der Waals surface area contributed by atoms with Gasteiger partial charge in [-0.1, -0.05) is 23.7 Å². The highest BCUT2D eigenvalue weighted by Crippen LogP contribution is 2.13. The van der Waals surface area contributed by atoms with Gasteiger partial charge in [0.1, 0.15) is 5.65 Å². The van der Waals surface area contributed by atoms with E-state index in [-0.39, 0.29) is 17.8 Å². The molecule has 0 atom stereocenters. The summed E-state index contributed by atoms with van der Waals surface area (Å²) in [7, 11) is 0. The van der Waals surface area contributed by atoms with Gasteiger partial charge in [-0.3, -0.25) is 14.0 Å². The molecule has 3 aromatic rings. The van der Waals surface area contributed by atoms with E-state index in [1.54, 1.807) is 36.4 Å². The molecular weight excluding hydrogens is 330 g/mol. The van der Waals surface area contributed by atoms with Gasteiger partial charge < -0.3 is 10.4 Å². The third-order valence-electron chi connectivity index (χ3n) is 3.56. The lowest BCUT2D eigenvalue weighted by Crippen LogP contribution is -2.31. The van der Waals surface area contributed by atoms with Crippen molar-refractivity contribution in [3.8, 4) is 5.88 Å². The van der Waals surface area contributed by atoms with Crippen LogP contribution < -0.4 is 10.9 Å². The zero-order valence-corrected chi connectivity index (χ0v) is 13.5. The number of pyridine rings is 1. The largest absolute Gasteiger partial charge is 0.493 e. The second-order valence-corrected chi connectivity index (χ2v) is 5.79. The second-order valence-electron chi connectivity index (χ2n) is 5.36. The lowest BCUT2D eigenvalue weighted by atomic mass is 10.2. The number of carbonyl (C=O) groups is 1. The van der Waals surface area contributed by atoms with Crippen LogP contribution in [0.25, 0.3) is 5.65 Å². The summed E-state index contributed by atoms with van der Waals surface area (Å²) in [4.78, 5) is 28.7. The first-order valence-electron chi connectivity index (χ1n) is 7.20. The van der Waals surface area contributed by atoms with Crippen LogP contribution in [0.3, 0.4) is 0 Å². The summed E-state index contributed by atoms with van der Waals surface area (Å²) in [6.07, 6.45) is 1.52. The number of fused-ring (bicyclic) bond motifs is 1. The van der Waals surface area contributed by atoms with Crippen molar-refractivity contribution in [3.63, 3.8) is 0 Å². The molecule has 6 nitrogen and oxygen atoms in total. The molecule has 3 rings (SSSR count). The van der Waals surface area contributed by atoms with Crippen LogP contribution in [0.5, 0.6) is 5.88 Å². The Morgan fingerprint density at radius 1 is 1.29 bits per heavy atom. The van der Waals surface area contributed by atoms with E-state index in [9.17, 15) is 14.7 Å². The normalized spacial score (nSPS) is 10.8. The highest BCUT2D eigenvalue weighted by atomic mass is 35.5. The number of aryl methyl sites for hydroxylation is 1. The summed E-state index contributed by atoms with van der Waals surface area (Å²) < 4.78 is 1.23. The highest BCUT2D eigenvalue weighted by molar-refractivity contribution is 6.30. The van der Waals surface area contributed by atoms with Crippen LogP contribution in [-0.2, 0) is 6.54 Å². The van der Waals surface area contributed by atoms with Crippen LogP contribution in [0.1, 0.15) is 21.5 Å². The molecule has 0 aliphatic carbocycles. The van der Waals surface area contributed by atoms with Gasteiger partial charge in [0, 0.05) is 17.8 Å². The monoisotopic (exact) mass is 343 g/mol. The molecule has 0 saturated carbocycles. The van der Waals surface area contributed by atoms with E-state index in [4.69, 9.17) is 11.6 Å². The van der Waals surface area contributed by atoms with Crippen molar-refractivity contribution >= 4 is 23.2 Å². The standard InChI is InChI=1S/C17H14ClN3O3/c1-10-6-7-21-13(8-10)20-16(23)14(17(21)24)15(22)19-9-11-2-4-12(18)5-3-11/h2-8,23H,9H2,1H3,(H,19,22). The minimum atomic E-state index is -0.685. The minimum absolute atomic E-state index is 0.200. The van der Waals surface area contributed by atoms with Gasteiger partial charge in [-0.25, -0.2) is 0 Å². The molecule has 0 aliphatic rings. The molecule has 24 heavy (non-hydrogen) atoms. The van der Waals surface area contributed by atoms with Crippen LogP contribution in [0.15, 0.2) is 47.4 Å². The Labute approximate surface area is 142 Å². The van der Waals surface area contributed by atoms with Gasteiger partial charge in [-0.15, -0.1) is 0 Å². The number of aromatic hydroxyl groups is 1. The molecule has 0 radical (unpaired) electrons. The molecule has 0 fully saturated rings. The Morgan fingerprint density at radius 2 is 2.00 bits per heavy atom. The number of carbonyl (C=O) groups excluding carboxylic acids is 1. The summed E-state index contributed by atoms with van der Waals surface area (Å²) in [5, 5.41) is 13.2. The average molecular weight is 344 g/mol. The zero-order valence-electron chi connectivity index (χ0n) is 12.8. The number of amides is 1. The first-order chi connectivity index (χ1) is 11.5. The maximum Gasteiger partial charge on any atom is 0.274 e. The van der Waals surface area contributed by atoms with E-state index in [0.29, 0.717) is 5.02 Å². The summed E-state index contributed by atoms with van der Waals surface area (Å²) in [6, 6.07) is 10.3. The van der Waals surface area contributed by atoms with Gasteiger partial charge >= 0.3 is 0 Å².